The maximum absolute atomic E-state index is 14.0. The van der Waals surface area contributed by atoms with E-state index in [0.29, 0.717) is 11.1 Å². The Morgan fingerprint density at radius 3 is 2.21 bits per heavy atom. The molecule has 0 saturated heterocycles. The van der Waals surface area contributed by atoms with Crippen LogP contribution in [0, 0.1) is 5.92 Å². The first-order valence-corrected chi connectivity index (χ1v) is 13.3. The van der Waals surface area contributed by atoms with E-state index in [1.807, 2.05) is 20.8 Å². The van der Waals surface area contributed by atoms with Crippen LogP contribution in [-0.4, -0.2) is 101 Å². The fourth-order valence-electron chi connectivity index (χ4n) is 5.84. The molecule has 8 N–H and O–H groups in total. The molecule has 0 fully saturated rings. The Labute approximate surface area is 242 Å². The average Bonchev–Trinajstić information content (AvgIpc) is 2.85. The number of nitrogens with two attached hydrogens (primary N) is 1. The summed E-state index contributed by atoms with van der Waals surface area (Å²) in [7, 11) is 6.48. The lowest BCUT2D eigenvalue weighted by Crippen LogP contribution is -2.64. The van der Waals surface area contributed by atoms with Gasteiger partial charge in [0.2, 0.25) is 11.7 Å². The number of Topliss-reactive ketones (excluding diaryl/α,β-unsaturated/α-hetero) is 2. The summed E-state index contributed by atoms with van der Waals surface area (Å²) >= 11 is 0. The summed E-state index contributed by atoms with van der Waals surface area (Å²) < 4.78 is 0. The van der Waals surface area contributed by atoms with Gasteiger partial charge in [-0.2, -0.15) is 0 Å². The Morgan fingerprint density at radius 1 is 1.07 bits per heavy atom. The first-order chi connectivity index (χ1) is 19.3. The van der Waals surface area contributed by atoms with E-state index in [-0.39, 0.29) is 35.1 Å². The van der Waals surface area contributed by atoms with Gasteiger partial charge in [-0.3, -0.25) is 24.1 Å². The fourth-order valence-corrected chi connectivity index (χ4v) is 5.84. The molecule has 13 nitrogen and oxygen atoms in total. The third kappa shape index (κ3) is 4.72. The molecular formula is C29H37N5O8. The lowest BCUT2D eigenvalue weighted by Gasteiger charge is -2.47. The molecule has 0 bridgehead atoms. The number of hydrogen-bond donors (Lipinski definition) is 7. The average molecular weight is 584 g/mol. The first-order valence-electron chi connectivity index (χ1n) is 13.3. The molecule has 2 aromatic carbocycles. The standard InChI is InChI=1S/C29H37N5O8/c1-28(2,3)31-11-17(35)32-15-10-16(33(4)5)13-8-12-9-14-21(34(6)7)24(38)20(27(30)41)26(40)29(14,42)25(39)18(12)23(37)19(13)22(15)36/h8,10,14,21,31,36-37,40,42H,9,11H2,1-7H3,(H2,30,41)(H,32,35)/t14?,21?,29-/m0/s1. The van der Waals surface area contributed by atoms with Gasteiger partial charge >= 0.3 is 0 Å². The van der Waals surface area contributed by atoms with Gasteiger partial charge in [-0.15, -0.1) is 0 Å². The highest BCUT2D eigenvalue weighted by Gasteiger charge is 2.62. The monoisotopic (exact) mass is 583 g/mol. The number of hydrogen-bond acceptors (Lipinski definition) is 11. The van der Waals surface area contributed by atoms with Crippen molar-refractivity contribution in [2.24, 2.45) is 11.7 Å². The smallest absolute Gasteiger partial charge is 0.255 e. The lowest BCUT2D eigenvalue weighted by atomic mass is 9.62. The van der Waals surface area contributed by atoms with Crippen LogP contribution in [0.1, 0.15) is 36.7 Å². The second-order valence-electron chi connectivity index (χ2n) is 12.3. The molecule has 0 heterocycles. The largest absolute Gasteiger partial charge is 0.508 e. The normalized spacial score (nSPS) is 22.3. The second-order valence-corrected chi connectivity index (χ2v) is 12.3. The van der Waals surface area contributed by atoms with Crippen LogP contribution in [0.4, 0.5) is 11.4 Å². The first kappa shape index (κ1) is 30.8. The lowest BCUT2D eigenvalue weighted by molar-refractivity contribution is -0.132. The van der Waals surface area contributed by atoms with Crippen molar-refractivity contribution in [1.82, 2.24) is 10.2 Å². The topological polar surface area (TPSA) is 206 Å². The number of primary amides is 1. The molecule has 0 radical (unpaired) electrons. The van der Waals surface area contributed by atoms with E-state index in [2.05, 4.69) is 10.6 Å². The third-order valence-corrected chi connectivity index (χ3v) is 7.81. The number of aromatic hydroxyl groups is 2. The van der Waals surface area contributed by atoms with Gasteiger partial charge in [0.05, 0.1) is 29.2 Å². The number of nitrogens with zero attached hydrogens (tertiary/aromatic N) is 2. The summed E-state index contributed by atoms with van der Waals surface area (Å²) in [4.78, 5) is 55.2. The molecule has 3 atom stereocenters. The number of phenolic OH excluding ortho intramolecular Hbond substituents is 2. The van der Waals surface area contributed by atoms with Crippen LogP contribution in [0.3, 0.4) is 0 Å². The number of rotatable bonds is 6. The Kier molecular flexibility index (Phi) is 7.51. The molecule has 42 heavy (non-hydrogen) atoms. The van der Waals surface area contributed by atoms with E-state index < -0.39 is 69.3 Å². The molecule has 0 aliphatic heterocycles. The zero-order valence-corrected chi connectivity index (χ0v) is 24.6. The molecule has 2 amide bonds. The number of amides is 2. The summed E-state index contributed by atoms with van der Waals surface area (Å²) in [6, 6.07) is 1.88. The fraction of sp³-hybridized carbons (Fsp3) is 0.448. The second kappa shape index (κ2) is 10.3. The number of likely N-dealkylation sites (N-methyl/N-ethyl adjacent to an activating group) is 1. The number of carbonyl (C=O) groups is 4. The van der Waals surface area contributed by atoms with Crippen molar-refractivity contribution in [3.8, 4) is 11.5 Å². The van der Waals surface area contributed by atoms with Crippen molar-refractivity contribution in [2.75, 3.05) is 45.0 Å². The predicted molar refractivity (Wildman–Crippen MR) is 156 cm³/mol. The van der Waals surface area contributed by atoms with Crippen LogP contribution in [0.15, 0.2) is 23.5 Å². The Bertz CT molecular complexity index is 1570. The summed E-state index contributed by atoms with van der Waals surface area (Å²) in [5.74, 6) is -7.42. The van der Waals surface area contributed by atoms with Crippen LogP contribution in [0.25, 0.3) is 10.8 Å². The van der Waals surface area contributed by atoms with Crippen molar-refractivity contribution >= 4 is 45.5 Å². The number of aliphatic hydroxyl groups is 2. The minimum Gasteiger partial charge on any atom is -0.508 e. The van der Waals surface area contributed by atoms with Crippen molar-refractivity contribution in [3.05, 3.63) is 34.6 Å². The molecule has 226 valence electrons. The minimum absolute atomic E-state index is 0.0308. The van der Waals surface area contributed by atoms with Crippen LogP contribution in [-0.2, 0) is 20.8 Å². The molecule has 13 heteroatoms. The van der Waals surface area contributed by atoms with Gasteiger partial charge in [-0.1, -0.05) is 0 Å². The maximum atomic E-state index is 14.0. The predicted octanol–water partition coefficient (Wildman–Crippen LogP) is 0.540. The highest BCUT2D eigenvalue weighted by molar-refractivity contribution is 6.25. The minimum atomic E-state index is -2.77. The van der Waals surface area contributed by atoms with Crippen molar-refractivity contribution in [3.63, 3.8) is 0 Å². The van der Waals surface area contributed by atoms with E-state index >= 15 is 0 Å². The molecular weight excluding hydrogens is 546 g/mol. The Morgan fingerprint density at radius 2 is 1.69 bits per heavy atom. The van der Waals surface area contributed by atoms with E-state index in [1.54, 1.807) is 25.1 Å². The zero-order chi connectivity index (χ0) is 31.6. The summed E-state index contributed by atoms with van der Waals surface area (Å²) in [5.41, 5.74) is 1.65. The van der Waals surface area contributed by atoms with E-state index in [0.717, 1.165) is 0 Å². The van der Waals surface area contributed by atoms with Gasteiger partial charge in [0, 0.05) is 36.6 Å². The van der Waals surface area contributed by atoms with Crippen molar-refractivity contribution < 1.29 is 39.6 Å². The Balaban J connectivity index is 1.96. The van der Waals surface area contributed by atoms with Gasteiger partial charge in [0.1, 0.15) is 17.1 Å². The third-order valence-electron chi connectivity index (χ3n) is 7.81. The number of aliphatic hydroxyl groups excluding tert-OH is 1. The molecule has 2 aliphatic rings. The number of carbonyl (C=O) groups excluding carboxylic acids is 4. The molecule has 0 aromatic heterocycles. The van der Waals surface area contributed by atoms with Gasteiger partial charge in [0.25, 0.3) is 5.91 Å². The molecule has 2 unspecified atom stereocenters. The van der Waals surface area contributed by atoms with Gasteiger partial charge in [-0.05, 0) is 59.0 Å². The molecule has 2 aliphatic carbocycles. The number of benzene rings is 2. The SMILES string of the molecule is CN(C)c1cc(NC(=O)CNC(C)(C)C)c(O)c2c(O)c3c(cc12)CC1C(N(C)C)C(=O)C(C(N)=O)=C(O)[C@@]1(O)C3=O. The van der Waals surface area contributed by atoms with Crippen LogP contribution in [0.5, 0.6) is 11.5 Å². The number of phenols is 2. The highest BCUT2D eigenvalue weighted by atomic mass is 16.3. The molecule has 0 saturated carbocycles. The number of ketones is 2. The summed E-state index contributed by atoms with van der Waals surface area (Å²) in [5, 5.41) is 51.3. The molecule has 2 aromatic rings. The van der Waals surface area contributed by atoms with Gasteiger partial charge < -0.3 is 41.7 Å². The summed E-state index contributed by atoms with van der Waals surface area (Å²) in [6.07, 6.45) is -0.156. The van der Waals surface area contributed by atoms with E-state index in [1.165, 1.54) is 25.1 Å². The van der Waals surface area contributed by atoms with E-state index in [9.17, 15) is 39.6 Å². The van der Waals surface area contributed by atoms with Crippen LogP contribution in [0.2, 0.25) is 0 Å². The molecule has 4 rings (SSSR count). The number of fused-ring (bicyclic) bond motifs is 3. The van der Waals surface area contributed by atoms with Crippen LogP contribution >= 0.6 is 0 Å². The maximum Gasteiger partial charge on any atom is 0.255 e. The summed E-state index contributed by atoms with van der Waals surface area (Å²) in [6.45, 7) is 5.59. The highest BCUT2D eigenvalue weighted by Crippen LogP contribution is 2.52. The van der Waals surface area contributed by atoms with Gasteiger partial charge in [-0.25, -0.2) is 0 Å². The Hall–Kier alpha value is -4.20. The van der Waals surface area contributed by atoms with Crippen molar-refractivity contribution in [1.29, 1.82) is 0 Å². The zero-order valence-electron chi connectivity index (χ0n) is 24.6. The quantitative estimate of drug-likeness (QED) is 0.185. The van der Waals surface area contributed by atoms with Crippen molar-refractivity contribution in [2.45, 2.75) is 44.4 Å². The number of anilines is 2. The van der Waals surface area contributed by atoms with E-state index in [4.69, 9.17) is 5.73 Å². The van der Waals surface area contributed by atoms with Crippen LogP contribution < -0.4 is 21.3 Å². The van der Waals surface area contributed by atoms with Gasteiger partial charge in [0.15, 0.2) is 17.1 Å². The number of nitrogens with one attached hydrogen (secondary N) is 2. The molecule has 0 spiro atoms.